The molecule has 1 heterocycles. The Labute approximate surface area is 123 Å². The van der Waals surface area contributed by atoms with Crippen LogP contribution in [-0.2, 0) is 4.79 Å². The number of carbonyl (C=O) groups excluding carboxylic acids is 1. The summed E-state index contributed by atoms with van der Waals surface area (Å²) in [5.41, 5.74) is -0.121. The van der Waals surface area contributed by atoms with Crippen molar-refractivity contribution in [2.75, 3.05) is 6.54 Å². The standard InChI is InChI=1S/C14H22N4O3/c1-14(2,6-5-10(19)20)7-8-15-13(21)12-16-11(17-18-12)9-3-4-9/h9H,3-8H2,1-2H3,(H,15,21)(H,19,20)(H,16,17,18). The summed E-state index contributed by atoms with van der Waals surface area (Å²) in [6, 6.07) is 0. The fourth-order valence-corrected chi connectivity index (χ4v) is 2.08. The van der Waals surface area contributed by atoms with Gasteiger partial charge in [-0.1, -0.05) is 13.8 Å². The summed E-state index contributed by atoms with van der Waals surface area (Å²) >= 11 is 0. The summed E-state index contributed by atoms with van der Waals surface area (Å²) in [5.74, 6) is 0.337. The molecule has 0 spiro atoms. The van der Waals surface area contributed by atoms with E-state index in [1.807, 2.05) is 13.8 Å². The summed E-state index contributed by atoms with van der Waals surface area (Å²) in [7, 11) is 0. The molecule has 0 aliphatic heterocycles. The van der Waals surface area contributed by atoms with E-state index in [1.54, 1.807) is 0 Å². The molecule has 1 amide bonds. The zero-order chi connectivity index (χ0) is 15.5. The number of aromatic amines is 1. The van der Waals surface area contributed by atoms with Crippen molar-refractivity contribution in [3.8, 4) is 0 Å². The molecule has 1 aliphatic carbocycles. The average Bonchev–Trinajstić information content (AvgIpc) is 3.14. The highest BCUT2D eigenvalue weighted by molar-refractivity contribution is 5.90. The van der Waals surface area contributed by atoms with E-state index in [-0.39, 0.29) is 23.6 Å². The number of aliphatic carboxylic acids is 1. The van der Waals surface area contributed by atoms with Crippen LogP contribution in [0.5, 0.6) is 0 Å². The second-order valence-electron chi connectivity index (χ2n) is 6.38. The van der Waals surface area contributed by atoms with Gasteiger partial charge in [-0.2, -0.15) is 0 Å². The Morgan fingerprint density at radius 2 is 2.10 bits per heavy atom. The molecule has 1 aliphatic rings. The summed E-state index contributed by atoms with van der Waals surface area (Å²) in [6.07, 6.45) is 3.66. The van der Waals surface area contributed by atoms with E-state index >= 15 is 0 Å². The van der Waals surface area contributed by atoms with Crippen molar-refractivity contribution in [3.63, 3.8) is 0 Å². The molecule has 0 radical (unpaired) electrons. The lowest BCUT2D eigenvalue weighted by Gasteiger charge is -2.23. The van der Waals surface area contributed by atoms with Crippen LogP contribution < -0.4 is 5.32 Å². The first-order chi connectivity index (χ1) is 9.87. The molecule has 116 valence electrons. The number of hydrogen-bond donors (Lipinski definition) is 3. The van der Waals surface area contributed by atoms with Gasteiger partial charge in [-0.25, -0.2) is 4.98 Å². The van der Waals surface area contributed by atoms with Crippen LogP contribution in [0.2, 0.25) is 0 Å². The first-order valence-electron chi connectivity index (χ1n) is 7.30. The SMILES string of the molecule is CC(C)(CCNC(=O)c1n[nH]c(C2CC2)n1)CCC(=O)O. The summed E-state index contributed by atoms with van der Waals surface area (Å²) in [6.45, 7) is 4.49. The van der Waals surface area contributed by atoms with E-state index in [0.29, 0.717) is 25.3 Å². The lowest BCUT2D eigenvalue weighted by Crippen LogP contribution is -2.29. The van der Waals surface area contributed by atoms with Crippen LogP contribution in [-0.4, -0.2) is 38.7 Å². The fraction of sp³-hybridized carbons (Fsp3) is 0.714. The minimum absolute atomic E-state index is 0.121. The van der Waals surface area contributed by atoms with Gasteiger partial charge in [0.05, 0.1) is 0 Å². The highest BCUT2D eigenvalue weighted by Gasteiger charge is 2.28. The normalized spacial score (nSPS) is 15.0. The Morgan fingerprint density at radius 1 is 1.38 bits per heavy atom. The summed E-state index contributed by atoms with van der Waals surface area (Å²) in [5, 5.41) is 18.2. The highest BCUT2D eigenvalue weighted by atomic mass is 16.4. The van der Waals surface area contributed by atoms with Crippen LogP contribution in [0.4, 0.5) is 0 Å². The van der Waals surface area contributed by atoms with E-state index in [9.17, 15) is 9.59 Å². The minimum Gasteiger partial charge on any atom is -0.481 e. The zero-order valence-electron chi connectivity index (χ0n) is 12.5. The van der Waals surface area contributed by atoms with Crippen LogP contribution in [0.3, 0.4) is 0 Å². The van der Waals surface area contributed by atoms with E-state index in [2.05, 4.69) is 20.5 Å². The van der Waals surface area contributed by atoms with Crippen molar-refractivity contribution in [3.05, 3.63) is 11.6 Å². The monoisotopic (exact) mass is 294 g/mol. The van der Waals surface area contributed by atoms with Crippen LogP contribution in [0.25, 0.3) is 0 Å². The zero-order valence-corrected chi connectivity index (χ0v) is 12.5. The van der Waals surface area contributed by atoms with E-state index in [0.717, 1.165) is 18.7 Å². The second kappa shape index (κ2) is 6.24. The van der Waals surface area contributed by atoms with Gasteiger partial charge in [0.15, 0.2) is 0 Å². The van der Waals surface area contributed by atoms with Crippen LogP contribution in [0, 0.1) is 5.41 Å². The molecule has 0 aromatic carbocycles. The quantitative estimate of drug-likeness (QED) is 0.676. The number of nitrogens with one attached hydrogen (secondary N) is 2. The summed E-state index contributed by atoms with van der Waals surface area (Å²) < 4.78 is 0. The molecular formula is C14H22N4O3. The maximum absolute atomic E-state index is 11.9. The van der Waals surface area contributed by atoms with Crippen molar-refractivity contribution in [1.82, 2.24) is 20.5 Å². The van der Waals surface area contributed by atoms with Gasteiger partial charge in [0, 0.05) is 18.9 Å². The molecule has 7 heteroatoms. The predicted octanol–water partition coefficient (Wildman–Crippen LogP) is 1.69. The number of rotatable bonds is 8. The molecule has 3 N–H and O–H groups in total. The Morgan fingerprint density at radius 3 is 2.71 bits per heavy atom. The lowest BCUT2D eigenvalue weighted by molar-refractivity contribution is -0.137. The maximum atomic E-state index is 11.9. The lowest BCUT2D eigenvalue weighted by atomic mass is 9.84. The van der Waals surface area contributed by atoms with Crippen LogP contribution in [0.15, 0.2) is 0 Å². The minimum atomic E-state index is -0.791. The van der Waals surface area contributed by atoms with Crippen molar-refractivity contribution >= 4 is 11.9 Å². The van der Waals surface area contributed by atoms with Gasteiger partial charge < -0.3 is 10.4 Å². The maximum Gasteiger partial charge on any atom is 0.303 e. The number of hydrogen-bond acceptors (Lipinski definition) is 4. The van der Waals surface area contributed by atoms with E-state index in [4.69, 9.17) is 5.11 Å². The highest BCUT2D eigenvalue weighted by Crippen LogP contribution is 2.37. The number of aromatic nitrogens is 3. The Bertz CT molecular complexity index is 520. The first-order valence-corrected chi connectivity index (χ1v) is 7.30. The van der Waals surface area contributed by atoms with Crippen molar-refractivity contribution in [2.45, 2.75) is 51.9 Å². The van der Waals surface area contributed by atoms with Crippen LogP contribution >= 0.6 is 0 Å². The van der Waals surface area contributed by atoms with Gasteiger partial charge in [0.2, 0.25) is 5.82 Å². The molecule has 2 rings (SSSR count). The number of carbonyl (C=O) groups is 2. The molecule has 0 bridgehead atoms. The predicted molar refractivity (Wildman–Crippen MR) is 76.0 cm³/mol. The van der Waals surface area contributed by atoms with Crippen molar-refractivity contribution < 1.29 is 14.7 Å². The molecule has 1 fully saturated rings. The number of carboxylic acids is 1. The van der Waals surface area contributed by atoms with Crippen molar-refractivity contribution in [2.24, 2.45) is 5.41 Å². The Balaban J connectivity index is 1.73. The molecule has 0 unspecified atom stereocenters. The van der Waals surface area contributed by atoms with Gasteiger partial charge in [-0.3, -0.25) is 14.7 Å². The molecule has 0 saturated heterocycles. The molecule has 0 atom stereocenters. The van der Waals surface area contributed by atoms with Crippen molar-refractivity contribution in [1.29, 1.82) is 0 Å². The number of nitrogens with zero attached hydrogens (tertiary/aromatic N) is 2. The molecule has 21 heavy (non-hydrogen) atoms. The molecular weight excluding hydrogens is 272 g/mol. The second-order valence-corrected chi connectivity index (χ2v) is 6.38. The third-order valence-corrected chi connectivity index (χ3v) is 3.77. The van der Waals surface area contributed by atoms with Gasteiger partial charge in [0.1, 0.15) is 5.82 Å². The van der Waals surface area contributed by atoms with Gasteiger partial charge in [-0.05, 0) is 31.1 Å². The molecule has 1 aromatic rings. The third-order valence-electron chi connectivity index (χ3n) is 3.77. The van der Waals surface area contributed by atoms with E-state index in [1.165, 1.54) is 0 Å². The topological polar surface area (TPSA) is 108 Å². The smallest absolute Gasteiger partial charge is 0.303 e. The van der Waals surface area contributed by atoms with Gasteiger partial charge >= 0.3 is 5.97 Å². The fourth-order valence-electron chi connectivity index (χ4n) is 2.08. The Kier molecular flexibility index (Phi) is 4.59. The Hall–Kier alpha value is -1.92. The molecule has 1 aromatic heterocycles. The van der Waals surface area contributed by atoms with Gasteiger partial charge in [0.25, 0.3) is 5.91 Å². The van der Waals surface area contributed by atoms with E-state index < -0.39 is 5.97 Å². The number of amides is 1. The molecule has 1 saturated carbocycles. The third kappa shape index (κ3) is 4.84. The van der Waals surface area contributed by atoms with Gasteiger partial charge in [-0.15, -0.1) is 5.10 Å². The number of carboxylic acid groups (broad SMARTS) is 1. The average molecular weight is 294 g/mol. The van der Waals surface area contributed by atoms with Crippen LogP contribution in [0.1, 0.15) is 68.3 Å². The largest absolute Gasteiger partial charge is 0.481 e. The number of H-pyrrole nitrogens is 1. The first kappa shape index (κ1) is 15.5. The summed E-state index contributed by atoms with van der Waals surface area (Å²) in [4.78, 5) is 26.7. The molecule has 7 nitrogen and oxygen atoms in total.